The molecule has 4 aromatic rings. The first-order valence-corrected chi connectivity index (χ1v) is 15.1. The summed E-state index contributed by atoms with van der Waals surface area (Å²) in [5.41, 5.74) is 8.39. The molecule has 11 nitrogen and oxygen atoms in total. The number of carbonyl (C=O) groups excluding carboxylic acids is 2. The number of nitrogens with two attached hydrogens (primary N) is 1. The Hall–Kier alpha value is -5.36. The van der Waals surface area contributed by atoms with Gasteiger partial charge in [-0.25, -0.2) is 15.3 Å². The number of hydrogen-bond donors (Lipinski definition) is 4. The maximum Gasteiger partial charge on any atom is 0.416 e. The number of urea groups is 1. The van der Waals surface area contributed by atoms with Crippen molar-refractivity contribution in [3.8, 4) is 6.07 Å². The van der Waals surface area contributed by atoms with E-state index in [1.165, 1.54) is 41.9 Å². The predicted molar refractivity (Wildman–Crippen MR) is 167 cm³/mol. The third kappa shape index (κ3) is 7.29. The Kier molecular flexibility index (Phi) is 9.57. The van der Waals surface area contributed by atoms with Crippen LogP contribution in [0, 0.1) is 16.9 Å². The fourth-order valence-corrected chi connectivity index (χ4v) is 6.24. The van der Waals surface area contributed by atoms with E-state index in [0.717, 1.165) is 36.3 Å². The number of nitrogens with one attached hydrogen (secondary N) is 3. The Morgan fingerprint density at radius 3 is 2.39 bits per heavy atom. The van der Waals surface area contributed by atoms with E-state index in [1.54, 1.807) is 18.2 Å². The number of benzene rings is 3. The van der Waals surface area contributed by atoms with Crippen molar-refractivity contribution in [2.45, 2.75) is 50.7 Å². The zero-order chi connectivity index (χ0) is 32.8. The number of amides is 3. The highest BCUT2D eigenvalue weighted by atomic mass is 32.1. The van der Waals surface area contributed by atoms with Crippen LogP contribution in [-0.2, 0) is 12.7 Å². The van der Waals surface area contributed by atoms with Crippen molar-refractivity contribution in [1.29, 1.82) is 10.8 Å². The van der Waals surface area contributed by atoms with E-state index in [2.05, 4.69) is 25.8 Å². The second-order valence-electron chi connectivity index (χ2n) is 10.7. The van der Waals surface area contributed by atoms with Gasteiger partial charge in [0.15, 0.2) is 5.13 Å². The molecule has 0 bridgehead atoms. The topological polar surface area (TPSA) is 173 Å². The molecule has 5 N–H and O–H groups in total. The molecule has 3 amide bonds. The Labute approximate surface area is 265 Å². The fraction of sp³-hybridized carbons (Fsp3) is 0.258. The monoisotopic (exact) mass is 647 g/mol. The number of halogens is 3. The molecule has 1 heterocycles. The molecule has 15 heteroatoms. The molecule has 1 aromatic heterocycles. The van der Waals surface area contributed by atoms with Crippen LogP contribution < -0.4 is 21.4 Å². The molecule has 3 aromatic carbocycles. The molecule has 46 heavy (non-hydrogen) atoms. The molecular weight excluding hydrogens is 619 g/mol. The Bertz CT molecular complexity index is 1830. The zero-order valence-electron chi connectivity index (χ0n) is 24.3. The summed E-state index contributed by atoms with van der Waals surface area (Å²) in [6, 6.07) is 16.9. The molecule has 0 spiro atoms. The van der Waals surface area contributed by atoms with Gasteiger partial charge in [-0.05, 0) is 66.3 Å². The average molecular weight is 648 g/mol. The first kappa shape index (κ1) is 32.0. The first-order valence-electron chi connectivity index (χ1n) is 14.3. The molecule has 0 atom stereocenters. The molecule has 1 fully saturated rings. The van der Waals surface area contributed by atoms with E-state index >= 15 is 0 Å². The molecule has 0 unspecified atom stereocenters. The van der Waals surface area contributed by atoms with Gasteiger partial charge in [-0.3, -0.25) is 20.3 Å². The van der Waals surface area contributed by atoms with Crippen molar-refractivity contribution < 1.29 is 22.8 Å². The van der Waals surface area contributed by atoms with Crippen LogP contribution in [0.4, 0.5) is 28.8 Å². The molecule has 1 aliphatic rings. The Morgan fingerprint density at radius 2 is 1.78 bits per heavy atom. The van der Waals surface area contributed by atoms with Crippen LogP contribution in [0.25, 0.3) is 10.2 Å². The van der Waals surface area contributed by atoms with Crippen molar-refractivity contribution in [1.82, 2.24) is 10.3 Å². The van der Waals surface area contributed by atoms with Crippen molar-refractivity contribution >= 4 is 50.3 Å². The van der Waals surface area contributed by atoms with Crippen molar-refractivity contribution in [2.24, 2.45) is 16.1 Å². The lowest BCUT2D eigenvalue weighted by atomic mass is 9.84. The molecule has 5 rings (SSSR count). The number of alkyl halides is 3. The predicted octanol–water partition coefficient (Wildman–Crippen LogP) is 7.46. The summed E-state index contributed by atoms with van der Waals surface area (Å²) >= 11 is 0.906. The summed E-state index contributed by atoms with van der Waals surface area (Å²) < 4.78 is 40.4. The summed E-state index contributed by atoms with van der Waals surface area (Å²) in [4.78, 5) is 31.8. The minimum Gasteiger partial charge on any atom is -0.320 e. The molecule has 0 saturated heterocycles. The number of hydrogen-bond acceptors (Lipinski definition) is 8. The second-order valence-corrected chi connectivity index (χ2v) is 11.7. The number of thiazole rings is 1. The number of carbonyl (C=O) groups is 2. The number of hydrazone groups is 1. The lowest BCUT2D eigenvalue weighted by Crippen LogP contribution is -2.34. The lowest BCUT2D eigenvalue weighted by Gasteiger charge is -2.25. The van der Waals surface area contributed by atoms with E-state index in [4.69, 9.17) is 11.4 Å². The van der Waals surface area contributed by atoms with Crippen molar-refractivity contribution in [2.75, 3.05) is 10.2 Å². The molecule has 0 aliphatic heterocycles. The third-order valence-electron chi connectivity index (χ3n) is 7.69. The van der Waals surface area contributed by atoms with Gasteiger partial charge in [0.2, 0.25) is 0 Å². The quantitative estimate of drug-likeness (QED) is 0.0558. The van der Waals surface area contributed by atoms with Gasteiger partial charge in [-0.1, -0.05) is 54.9 Å². The van der Waals surface area contributed by atoms with Crippen LogP contribution in [0.1, 0.15) is 70.6 Å². The van der Waals surface area contributed by atoms with Crippen LogP contribution in [0.5, 0.6) is 0 Å². The number of rotatable bonds is 6. The summed E-state index contributed by atoms with van der Waals surface area (Å²) in [7, 11) is 0. The number of anilines is 2. The highest BCUT2D eigenvalue weighted by Gasteiger charge is 2.32. The lowest BCUT2D eigenvalue weighted by molar-refractivity contribution is -0.137. The van der Waals surface area contributed by atoms with Gasteiger partial charge in [-0.2, -0.15) is 18.4 Å². The summed E-state index contributed by atoms with van der Waals surface area (Å²) in [6.07, 6.45) is 1.12. The number of nitriles is 1. The maximum atomic E-state index is 13.7. The van der Waals surface area contributed by atoms with Gasteiger partial charge in [-0.15, -0.1) is 10.2 Å². The van der Waals surface area contributed by atoms with Gasteiger partial charge in [0.05, 0.1) is 27.9 Å². The highest BCUT2D eigenvalue weighted by Crippen LogP contribution is 2.37. The SMILES string of the molecule is N#Cc1cc(C(F)(F)F)cc2nc(NC(=O)N(Cc3ccc(C(=O)NC(N=N)=NN)cc3)c3ccc(C4CCCCC4)cc3)sc12. The van der Waals surface area contributed by atoms with E-state index in [1.807, 2.05) is 24.3 Å². The van der Waals surface area contributed by atoms with Gasteiger partial charge in [0, 0.05) is 11.3 Å². The molecule has 0 radical (unpaired) electrons. The van der Waals surface area contributed by atoms with Crippen molar-refractivity contribution in [3.63, 3.8) is 0 Å². The van der Waals surface area contributed by atoms with Gasteiger partial charge in [0.25, 0.3) is 11.9 Å². The minimum atomic E-state index is -4.67. The highest BCUT2D eigenvalue weighted by molar-refractivity contribution is 7.22. The normalized spacial score (nSPS) is 14.0. The van der Waals surface area contributed by atoms with Crippen LogP contribution in [-0.4, -0.2) is 22.9 Å². The first-order chi connectivity index (χ1) is 22.1. The van der Waals surface area contributed by atoms with Crippen LogP contribution >= 0.6 is 11.3 Å². The number of fused-ring (bicyclic) bond motifs is 1. The van der Waals surface area contributed by atoms with Gasteiger partial charge >= 0.3 is 12.2 Å². The molecule has 1 saturated carbocycles. The van der Waals surface area contributed by atoms with Crippen molar-refractivity contribution in [3.05, 3.63) is 88.5 Å². The van der Waals surface area contributed by atoms with Crippen LogP contribution in [0.2, 0.25) is 0 Å². The van der Waals surface area contributed by atoms with E-state index in [9.17, 15) is 28.0 Å². The smallest absolute Gasteiger partial charge is 0.320 e. The van der Waals surface area contributed by atoms with Crippen LogP contribution in [0.15, 0.2) is 70.9 Å². The maximum absolute atomic E-state index is 13.7. The largest absolute Gasteiger partial charge is 0.416 e. The fourth-order valence-electron chi connectivity index (χ4n) is 5.34. The standard InChI is InChI=1S/C31H28F3N9O2S/c32-31(33,34)23-14-22(16-35)26-25(15-23)38-29(46-26)40-30(45)43(24-12-10-20(11-13-24)19-4-2-1-3-5-19)17-18-6-8-21(9-7-18)27(44)39-28(41-36)42-37/h6-15,19,36H,1-5,17,37H2,(H,38,40,45)(H,39,42,44). The third-order valence-corrected chi connectivity index (χ3v) is 8.71. The van der Waals surface area contributed by atoms with Gasteiger partial charge < -0.3 is 5.84 Å². The average Bonchev–Trinajstić information content (AvgIpc) is 3.48. The number of aromatic nitrogens is 1. The summed E-state index contributed by atoms with van der Waals surface area (Å²) in [5, 5.41) is 20.7. The summed E-state index contributed by atoms with van der Waals surface area (Å²) in [5.74, 6) is 4.60. The van der Waals surface area contributed by atoms with E-state index < -0.39 is 23.7 Å². The van der Waals surface area contributed by atoms with Crippen LogP contribution in [0.3, 0.4) is 0 Å². The Balaban J connectivity index is 1.42. The Morgan fingerprint density at radius 1 is 1.09 bits per heavy atom. The number of nitrogens with zero attached hydrogens (tertiary/aromatic N) is 5. The minimum absolute atomic E-state index is 0.0313. The zero-order valence-corrected chi connectivity index (χ0v) is 25.1. The molecular formula is C31H28F3N9O2S. The summed E-state index contributed by atoms with van der Waals surface area (Å²) in [6.45, 7) is 0.0701. The van der Waals surface area contributed by atoms with E-state index in [-0.39, 0.29) is 39.0 Å². The number of guanidine groups is 1. The second kappa shape index (κ2) is 13.7. The molecule has 236 valence electrons. The molecule has 1 aliphatic carbocycles. The van der Waals surface area contributed by atoms with E-state index in [0.29, 0.717) is 17.2 Å². The van der Waals surface area contributed by atoms with Gasteiger partial charge in [0.1, 0.15) is 6.07 Å².